The van der Waals surface area contributed by atoms with Gasteiger partial charge in [-0.05, 0) is 146 Å². The molecule has 1 aliphatic rings. The van der Waals surface area contributed by atoms with E-state index < -0.39 is 0 Å². The van der Waals surface area contributed by atoms with Crippen LogP contribution < -0.4 is 0 Å². The first kappa shape index (κ1) is 82.9. The third-order valence-corrected chi connectivity index (χ3v) is 30.7. The number of aryl methyl sites for hydroxylation is 2. The zero-order chi connectivity index (χ0) is 71.8. The summed E-state index contributed by atoms with van der Waals surface area (Å²) in [5, 5.41) is 0. The fourth-order valence-electron chi connectivity index (χ4n) is 14.7. The Hall–Kier alpha value is -3.38. The van der Waals surface area contributed by atoms with Gasteiger partial charge < -0.3 is 9.80 Å². The van der Waals surface area contributed by atoms with Crippen molar-refractivity contribution >= 4 is 91.6 Å². The Kier molecular flexibility index (Phi) is 34.1. The molecular formula is C89H136N2O2S6. The number of hydrogen-bond donors (Lipinski definition) is 0. The Morgan fingerprint density at radius 2 is 0.818 bits per heavy atom. The second-order valence-corrected chi connectivity index (χ2v) is 39.3. The van der Waals surface area contributed by atoms with Gasteiger partial charge in [0.1, 0.15) is 0 Å². The van der Waals surface area contributed by atoms with Crippen LogP contribution in [0.3, 0.4) is 0 Å². The summed E-state index contributed by atoms with van der Waals surface area (Å²) >= 11 is 11.6. The van der Waals surface area contributed by atoms with Crippen LogP contribution in [0.4, 0.5) is 0 Å². The fraction of sp³-hybridized carbons (Fsp3) is 0.663. The van der Waals surface area contributed by atoms with Crippen molar-refractivity contribution in [3.05, 3.63) is 112 Å². The van der Waals surface area contributed by atoms with Crippen LogP contribution in [0.2, 0.25) is 0 Å². The maximum absolute atomic E-state index is 16.6. The monoisotopic (exact) mass is 1460 g/mol. The first-order valence-electron chi connectivity index (χ1n) is 40.1. The number of nitrogens with zero attached hydrogens (tertiary/aromatic N) is 2. The van der Waals surface area contributed by atoms with Gasteiger partial charge in [-0.3, -0.25) is 9.59 Å². The molecule has 7 rings (SSSR count). The molecule has 2 unspecified atom stereocenters. The lowest BCUT2D eigenvalue weighted by atomic mass is 9.66. The van der Waals surface area contributed by atoms with Gasteiger partial charge in [-0.2, -0.15) is 0 Å². The van der Waals surface area contributed by atoms with Crippen LogP contribution in [-0.2, 0) is 44.1 Å². The lowest BCUT2D eigenvalue weighted by Crippen LogP contribution is -2.39. The molecule has 0 bridgehead atoms. The molecule has 6 aromatic heterocycles. The molecule has 0 radical (unpaired) electrons. The summed E-state index contributed by atoms with van der Waals surface area (Å²) in [6.45, 7) is 39.2. The van der Waals surface area contributed by atoms with E-state index in [0.717, 1.165) is 59.7 Å². The Morgan fingerprint density at radius 1 is 0.424 bits per heavy atom. The molecule has 2 atom stereocenters. The maximum Gasteiger partial charge on any atom is 0.261 e. The van der Waals surface area contributed by atoms with Crippen molar-refractivity contribution in [2.24, 2.45) is 11.8 Å². The van der Waals surface area contributed by atoms with Crippen molar-refractivity contribution < 1.29 is 9.59 Å². The van der Waals surface area contributed by atoms with Gasteiger partial charge in [0.25, 0.3) is 5.91 Å². The highest BCUT2D eigenvalue weighted by Crippen LogP contribution is 2.54. The normalized spacial score (nSPS) is 14.6. The Morgan fingerprint density at radius 3 is 1.31 bits per heavy atom. The van der Waals surface area contributed by atoms with Gasteiger partial charge in [0.05, 0.1) is 32.3 Å². The summed E-state index contributed by atoms with van der Waals surface area (Å²) in [5.41, 5.74) is 5.62. The van der Waals surface area contributed by atoms with E-state index in [9.17, 15) is 4.79 Å². The summed E-state index contributed by atoms with van der Waals surface area (Å²) in [4.78, 5) is 51.9. The highest BCUT2D eigenvalue weighted by molar-refractivity contribution is 7.27. The molecule has 0 N–H and O–H groups in total. The van der Waals surface area contributed by atoms with E-state index >= 15 is 4.79 Å². The topological polar surface area (TPSA) is 40.6 Å². The highest BCUT2D eigenvalue weighted by atomic mass is 32.1. The largest absolute Gasteiger partial charge is 0.373 e. The smallest absolute Gasteiger partial charge is 0.261 e. The van der Waals surface area contributed by atoms with Crippen molar-refractivity contribution in [2.75, 3.05) is 20.1 Å². The fourth-order valence-corrected chi connectivity index (χ4v) is 22.4. The zero-order valence-electron chi connectivity index (χ0n) is 65.6. The van der Waals surface area contributed by atoms with E-state index in [-0.39, 0.29) is 27.6 Å². The first-order chi connectivity index (χ1) is 47.5. The zero-order valence-corrected chi connectivity index (χ0v) is 70.5. The third-order valence-electron chi connectivity index (χ3n) is 21.9. The number of carbonyl (C=O) groups is 2. The molecule has 0 aliphatic carbocycles. The van der Waals surface area contributed by atoms with Crippen molar-refractivity contribution in [1.82, 2.24) is 9.80 Å². The van der Waals surface area contributed by atoms with Crippen LogP contribution in [0, 0.1) is 11.8 Å². The minimum atomic E-state index is -0.306. The summed E-state index contributed by atoms with van der Waals surface area (Å²) in [5.74, 6) is 0.819. The molecule has 4 nitrogen and oxygen atoms in total. The molecule has 0 aromatic carbocycles. The van der Waals surface area contributed by atoms with Gasteiger partial charge in [-0.15, -0.1) is 68.0 Å². The second kappa shape index (κ2) is 40.8. The Balaban J connectivity index is 1.35. The van der Waals surface area contributed by atoms with Gasteiger partial charge in [-0.25, -0.2) is 0 Å². The van der Waals surface area contributed by atoms with Gasteiger partial charge in [0, 0.05) is 79.7 Å². The first-order valence-corrected chi connectivity index (χ1v) is 45.0. The number of unbranched alkanes of at least 4 members (excludes halogenated alkanes) is 22. The molecule has 550 valence electrons. The van der Waals surface area contributed by atoms with Crippen LogP contribution in [0.5, 0.6) is 0 Å². The average Bonchev–Trinajstić information content (AvgIpc) is 1.60. The predicted octanol–water partition coefficient (Wildman–Crippen LogP) is 29.9. The van der Waals surface area contributed by atoms with E-state index in [1.54, 1.807) is 16.9 Å². The summed E-state index contributed by atoms with van der Waals surface area (Å²) < 4.78 is 0. The van der Waals surface area contributed by atoms with E-state index in [2.05, 4.69) is 200 Å². The van der Waals surface area contributed by atoms with Gasteiger partial charge >= 0.3 is 0 Å². The van der Waals surface area contributed by atoms with Crippen molar-refractivity contribution in [3.63, 3.8) is 0 Å². The summed E-state index contributed by atoms with van der Waals surface area (Å²) in [7, 11) is 2.26. The van der Waals surface area contributed by atoms with Crippen LogP contribution in [0.1, 0.15) is 357 Å². The minimum Gasteiger partial charge on any atom is -0.373 e. The van der Waals surface area contributed by atoms with Crippen molar-refractivity contribution in [1.29, 1.82) is 0 Å². The van der Waals surface area contributed by atoms with Crippen LogP contribution in [-0.4, -0.2) is 42.1 Å². The Labute approximate surface area is 630 Å². The molecule has 10 heteroatoms. The number of thiophene rings is 6. The molecule has 0 spiro atoms. The van der Waals surface area contributed by atoms with Crippen LogP contribution in [0.25, 0.3) is 40.7 Å². The lowest BCUT2D eigenvalue weighted by molar-refractivity contribution is -0.123. The molecule has 0 fully saturated rings. The summed E-state index contributed by atoms with van der Waals surface area (Å²) in [6, 6.07) is 23.8. The van der Waals surface area contributed by atoms with E-state index in [1.807, 2.05) is 45.3 Å². The number of carbonyl (C=O) groups excluding carboxylic acids is 2. The third kappa shape index (κ3) is 23.1. The standard InChI is InChI=1S/C89H136N2O2S6/c1-18-24-30-36-38-42-47-65(46-40-32-26-20-3)62-90(17)82(74-53-52-70(94-74)71-54-57-76(95-71)86(7,8)9)80-69(64-92)81(91(85(80)93)63-66(48-41-33-27-21-4)49-43-39-37-31-25-19-2)73-56-59-78(97-73)89(15,16)88(13,14)77-58-55-72(96-77)75-60-67(50-44-34-28-22-5)83(98-75)84-68(51-45-35-29-23-6)61-79(99-84)87(10,11)12/h52-61,64-66H,18-51,62-63H2,1-17H3/b82-80+. The van der Waals surface area contributed by atoms with E-state index in [0.29, 0.717) is 29.5 Å². The van der Waals surface area contributed by atoms with E-state index in [1.165, 1.54) is 247 Å². The quantitative estimate of drug-likeness (QED) is 0.0217. The molecule has 0 saturated carbocycles. The number of amides is 1. The molecule has 6 aromatic rings. The van der Waals surface area contributed by atoms with Gasteiger partial charge in [-0.1, -0.05) is 278 Å². The van der Waals surface area contributed by atoms with Gasteiger partial charge in [0.2, 0.25) is 0 Å². The number of hydrogen-bond acceptors (Lipinski definition) is 9. The predicted molar refractivity (Wildman–Crippen MR) is 447 cm³/mol. The molecule has 7 heterocycles. The Bertz CT molecular complexity index is 3420. The van der Waals surface area contributed by atoms with Crippen molar-refractivity contribution in [3.8, 4) is 29.3 Å². The SMILES string of the molecule is CCCCCCCCC(CCCCCC)CN1C(=O)/C(=C(\c2ccc(-c3ccc(C(C)(C)C)s3)s2)N(C)CC(CCCCCC)CCCCCCCC)C(C=O)=C1c1ccc(C(C)(C)C(C)(C)c2ccc(-c3cc(CCCCCC)c(-c4sc(C(C)(C)C)cc4CCCCCC)s3)s2)s1. The molecule has 1 aliphatic heterocycles. The van der Waals surface area contributed by atoms with E-state index in [4.69, 9.17) is 0 Å². The summed E-state index contributed by atoms with van der Waals surface area (Å²) in [6.07, 6.45) is 43.1. The minimum absolute atomic E-state index is 0.00499. The molecule has 99 heavy (non-hydrogen) atoms. The van der Waals surface area contributed by atoms with Crippen LogP contribution >= 0.6 is 68.0 Å². The number of rotatable bonds is 48. The second-order valence-electron chi connectivity index (χ2n) is 32.9. The molecule has 0 saturated heterocycles. The maximum atomic E-state index is 16.6. The van der Waals surface area contributed by atoms with Gasteiger partial charge in [0.15, 0.2) is 6.29 Å². The molecule has 1 amide bonds. The van der Waals surface area contributed by atoms with Crippen molar-refractivity contribution in [2.45, 2.75) is 351 Å². The lowest BCUT2D eigenvalue weighted by Gasteiger charge is -2.40. The average molecular weight is 1460 g/mol. The number of aldehydes is 1. The highest BCUT2D eigenvalue weighted by Gasteiger charge is 2.45. The molecular weight excluding hydrogens is 1320 g/mol. The van der Waals surface area contributed by atoms with Crippen LogP contribution in [0.15, 0.2) is 71.8 Å².